The van der Waals surface area contributed by atoms with Crippen LogP contribution >= 0.6 is 15.9 Å². The third-order valence-electron chi connectivity index (χ3n) is 6.88. The SMILES string of the molecule is CCCCOC(=O)N1CCCC1c1ncc(-c2ccc3c(c2)CCc2cc(C=CBr)ccc2-3)[nH]1. The Morgan fingerprint density at radius 3 is 2.79 bits per heavy atom. The zero-order valence-corrected chi connectivity index (χ0v) is 21.1. The lowest BCUT2D eigenvalue weighted by Gasteiger charge is -2.22. The predicted octanol–water partition coefficient (Wildman–Crippen LogP) is 7.28. The fourth-order valence-corrected chi connectivity index (χ4v) is 5.37. The summed E-state index contributed by atoms with van der Waals surface area (Å²) >= 11 is 3.37. The largest absolute Gasteiger partial charge is 0.449 e. The Kier molecular flexibility index (Phi) is 6.86. The molecule has 0 radical (unpaired) electrons. The van der Waals surface area contributed by atoms with E-state index >= 15 is 0 Å². The van der Waals surface area contributed by atoms with Gasteiger partial charge in [-0.3, -0.25) is 4.90 Å². The summed E-state index contributed by atoms with van der Waals surface area (Å²) in [5, 5.41) is 0. The number of imidazole rings is 1. The number of hydrogen-bond acceptors (Lipinski definition) is 3. The van der Waals surface area contributed by atoms with Crippen LogP contribution in [0, 0.1) is 0 Å². The Bertz CT molecular complexity index is 1220. The molecule has 1 saturated heterocycles. The molecule has 2 heterocycles. The number of carbonyl (C=O) groups is 1. The maximum absolute atomic E-state index is 12.6. The Morgan fingerprint density at radius 1 is 1.21 bits per heavy atom. The van der Waals surface area contributed by atoms with Crippen molar-refractivity contribution >= 4 is 28.1 Å². The summed E-state index contributed by atoms with van der Waals surface area (Å²) < 4.78 is 5.46. The number of ether oxygens (including phenoxy) is 1. The van der Waals surface area contributed by atoms with Gasteiger partial charge in [-0.1, -0.05) is 59.6 Å². The number of rotatable bonds is 6. The Hall–Kier alpha value is -2.86. The normalized spacial score (nSPS) is 17.1. The number of aryl methyl sites for hydroxylation is 2. The van der Waals surface area contributed by atoms with Crippen LogP contribution in [0.25, 0.3) is 28.5 Å². The number of unbranched alkanes of at least 4 members (excludes halogenated alkanes) is 1. The molecule has 1 aliphatic carbocycles. The Labute approximate surface area is 209 Å². The lowest BCUT2D eigenvalue weighted by atomic mass is 9.84. The highest BCUT2D eigenvalue weighted by Crippen LogP contribution is 2.37. The number of aromatic amines is 1. The first kappa shape index (κ1) is 22.9. The molecule has 6 heteroatoms. The molecule has 1 aliphatic heterocycles. The average molecular weight is 520 g/mol. The van der Waals surface area contributed by atoms with Gasteiger partial charge in [-0.2, -0.15) is 0 Å². The van der Waals surface area contributed by atoms with Crippen LogP contribution in [-0.4, -0.2) is 34.1 Å². The molecule has 34 heavy (non-hydrogen) atoms. The molecule has 1 fully saturated rings. The van der Waals surface area contributed by atoms with Gasteiger partial charge in [-0.15, -0.1) is 0 Å². The molecular formula is C28H30BrN3O2. The number of likely N-dealkylation sites (tertiary alicyclic amines) is 1. The van der Waals surface area contributed by atoms with Crippen LogP contribution in [0.5, 0.6) is 0 Å². The quantitative estimate of drug-likeness (QED) is 0.348. The number of H-pyrrole nitrogens is 1. The van der Waals surface area contributed by atoms with Crippen molar-refractivity contribution in [2.75, 3.05) is 13.2 Å². The van der Waals surface area contributed by atoms with Crippen LogP contribution in [0.2, 0.25) is 0 Å². The predicted molar refractivity (Wildman–Crippen MR) is 140 cm³/mol. The maximum Gasteiger partial charge on any atom is 0.410 e. The van der Waals surface area contributed by atoms with Crippen molar-refractivity contribution < 1.29 is 9.53 Å². The second-order valence-corrected chi connectivity index (χ2v) is 9.61. The number of halogens is 1. The van der Waals surface area contributed by atoms with Gasteiger partial charge in [0.15, 0.2) is 0 Å². The highest BCUT2D eigenvalue weighted by atomic mass is 79.9. The molecule has 2 aliphatic rings. The van der Waals surface area contributed by atoms with E-state index in [9.17, 15) is 4.79 Å². The summed E-state index contributed by atoms with van der Waals surface area (Å²) in [6.45, 7) is 3.29. The van der Waals surface area contributed by atoms with Crippen molar-refractivity contribution in [3.05, 3.63) is 70.1 Å². The van der Waals surface area contributed by atoms with Crippen molar-refractivity contribution in [2.24, 2.45) is 0 Å². The van der Waals surface area contributed by atoms with Gasteiger partial charge < -0.3 is 9.72 Å². The molecule has 5 nitrogen and oxygen atoms in total. The van der Waals surface area contributed by atoms with Gasteiger partial charge in [0.2, 0.25) is 0 Å². The van der Waals surface area contributed by atoms with Gasteiger partial charge in [0, 0.05) is 6.54 Å². The molecule has 1 atom stereocenters. The number of aromatic nitrogens is 2. The first-order valence-electron chi connectivity index (χ1n) is 12.2. The summed E-state index contributed by atoms with van der Waals surface area (Å²) in [6.07, 6.45) is 9.60. The highest BCUT2D eigenvalue weighted by molar-refractivity contribution is 9.11. The minimum atomic E-state index is -0.226. The van der Waals surface area contributed by atoms with E-state index in [-0.39, 0.29) is 12.1 Å². The fraction of sp³-hybridized carbons (Fsp3) is 0.357. The number of benzene rings is 2. The third-order valence-corrected chi connectivity index (χ3v) is 7.14. The number of fused-ring (bicyclic) bond motifs is 3. The molecule has 1 unspecified atom stereocenters. The van der Waals surface area contributed by atoms with E-state index in [2.05, 4.69) is 75.3 Å². The first-order valence-corrected chi connectivity index (χ1v) is 13.1. The van der Waals surface area contributed by atoms with Crippen molar-refractivity contribution in [1.82, 2.24) is 14.9 Å². The monoisotopic (exact) mass is 519 g/mol. The van der Waals surface area contributed by atoms with E-state index in [1.165, 1.54) is 27.8 Å². The molecule has 2 aromatic carbocycles. The zero-order chi connectivity index (χ0) is 23.5. The van der Waals surface area contributed by atoms with Crippen LogP contribution in [0.1, 0.15) is 61.2 Å². The molecule has 1 amide bonds. The van der Waals surface area contributed by atoms with E-state index < -0.39 is 0 Å². The van der Waals surface area contributed by atoms with Gasteiger partial charge in [-0.25, -0.2) is 9.78 Å². The van der Waals surface area contributed by atoms with E-state index in [1.807, 2.05) is 16.1 Å². The fourth-order valence-electron chi connectivity index (χ4n) is 5.07. The molecule has 176 valence electrons. The highest BCUT2D eigenvalue weighted by Gasteiger charge is 2.33. The van der Waals surface area contributed by atoms with Gasteiger partial charge in [0.1, 0.15) is 5.82 Å². The third kappa shape index (κ3) is 4.56. The van der Waals surface area contributed by atoms with E-state index in [1.54, 1.807) is 0 Å². The molecule has 1 N–H and O–H groups in total. The average Bonchev–Trinajstić information content (AvgIpc) is 3.54. The summed E-state index contributed by atoms with van der Waals surface area (Å²) in [5.41, 5.74) is 8.76. The van der Waals surface area contributed by atoms with Crippen LogP contribution in [0.4, 0.5) is 4.79 Å². The van der Waals surface area contributed by atoms with Crippen LogP contribution < -0.4 is 0 Å². The van der Waals surface area contributed by atoms with Crippen LogP contribution in [0.15, 0.2) is 47.6 Å². The smallest absolute Gasteiger partial charge is 0.410 e. The second-order valence-electron chi connectivity index (χ2n) is 9.08. The summed E-state index contributed by atoms with van der Waals surface area (Å²) in [4.78, 5) is 24.4. The van der Waals surface area contributed by atoms with E-state index in [0.29, 0.717) is 6.61 Å². The molecule has 0 spiro atoms. The maximum atomic E-state index is 12.6. The molecule has 0 saturated carbocycles. The van der Waals surface area contributed by atoms with Crippen LogP contribution in [-0.2, 0) is 17.6 Å². The molecular weight excluding hydrogens is 490 g/mol. The molecule has 5 rings (SSSR count). The topological polar surface area (TPSA) is 58.2 Å². The lowest BCUT2D eigenvalue weighted by molar-refractivity contribution is 0.0957. The number of amides is 1. The van der Waals surface area contributed by atoms with Crippen molar-refractivity contribution in [3.63, 3.8) is 0 Å². The van der Waals surface area contributed by atoms with Crippen molar-refractivity contribution in [2.45, 2.75) is 51.5 Å². The van der Waals surface area contributed by atoms with Gasteiger partial charge in [0.25, 0.3) is 0 Å². The Morgan fingerprint density at radius 2 is 2.00 bits per heavy atom. The minimum absolute atomic E-state index is 0.0462. The standard InChI is InChI=1S/C28H30BrN3O2/c1-2-3-15-34-28(33)32-14-4-5-26(32)27-30-18-25(31-27)22-9-11-24-21(17-22)8-7-20-16-19(12-13-29)6-10-23(20)24/h6,9-13,16-18,26H,2-5,7-8,14-15H2,1H3,(H,30,31). The zero-order valence-electron chi connectivity index (χ0n) is 19.5. The lowest BCUT2D eigenvalue weighted by Crippen LogP contribution is -2.31. The summed E-state index contributed by atoms with van der Waals surface area (Å²) in [5.74, 6) is 0.843. The number of nitrogens with one attached hydrogen (secondary N) is 1. The molecule has 3 aromatic rings. The van der Waals surface area contributed by atoms with Crippen molar-refractivity contribution in [1.29, 1.82) is 0 Å². The minimum Gasteiger partial charge on any atom is -0.449 e. The Balaban J connectivity index is 1.35. The van der Waals surface area contributed by atoms with E-state index in [0.717, 1.165) is 62.2 Å². The second kappa shape index (κ2) is 10.2. The summed E-state index contributed by atoms with van der Waals surface area (Å²) in [7, 11) is 0. The number of carbonyl (C=O) groups excluding carboxylic acids is 1. The molecule has 1 aromatic heterocycles. The van der Waals surface area contributed by atoms with Gasteiger partial charge in [-0.05, 0) is 82.6 Å². The number of hydrogen-bond donors (Lipinski definition) is 1. The van der Waals surface area contributed by atoms with Crippen molar-refractivity contribution in [3.8, 4) is 22.4 Å². The number of nitrogens with zero attached hydrogens (tertiary/aromatic N) is 2. The van der Waals surface area contributed by atoms with Gasteiger partial charge >= 0.3 is 6.09 Å². The first-order chi connectivity index (χ1) is 16.7. The summed E-state index contributed by atoms with van der Waals surface area (Å²) in [6, 6.07) is 13.3. The van der Waals surface area contributed by atoms with Gasteiger partial charge in [0.05, 0.1) is 24.5 Å². The molecule has 0 bridgehead atoms. The van der Waals surface area contributed by atoms with E-state index in [4.69, 9.17) is 4.74 Å². The van der Waals surface area contributed by atoms with Crippen LogP contribution in [0.3, 0.4) is 0 Å².